The van der Waals surface area contributed by atoms with Crippen molar-refractivity contribution in [3.8, 4) is 0 Å². The Balaban J connectivity index is 1.97. The number of aliphatic hydroxyl groups is 2. The fourth-order valence-electron chi connectivity index (χ4n) is 6.77. The van der Waals surface area contributed by atoms with Gasteiger partial charge in [0.25, 0.3) is 0 Å². The van der Waals surface area contributed by atoms with Crippen molar-refractivity contribution < 1.29 is 29.3 Å². The minimum atomic E-state index is -1.10. The lowest BCUT2D eigenvalue weighted by molar-refractivity contribution is -0.224. The van der Waals surface area contributed by atoms with Crippen molar-refractivity contribution in [1.82, 2.24) is 0 Å². The molecule has 26 heavy (non-hydrogen) atoms. The van der Waals surface area contributed by atoms with Gasteiger partial charge in [-0.1, -0.05) is 20.8 Å². The molecule has 6 heteroatoms. The predicted molar refractivity (Wildman–Crippen MR) is 90.9 cm³/mol. The van der Waals surface area contributed by atoms with Crippen LogP contribution in [0.15, 0.2) is 11.3 Å². The number of ketones is 2. The van der Waals surface area contributed by atoms with E-state index < -0.39 is 34.7 Å². The van der Waals surface area contributed by atoms with Crippen molar-refractivity contribution in [3.63, 3.8) is 0 Å². The number of hydrogen-bond donors (Lipinski definition) is 2. The minimum Gasteiger partial charge on any atom is -0.504 e. The molecule has 0 spiro atoms. The maximum absolute atomic E-state index is 13.2. The molecule has 3 fully saturated rings. The number of carbonyl (C=O) groups is 3. The number of carbonyl (C=O) groups excluding carboxylic acids is 3. The van der Waals surface area contributed by atoms with Crippen LogP contribution < -0.4 is 0 Å². The monoisotopic (exact) mass is 362 g/mol. The third-order valence-corrected chi connectivity index (χ3v) is 8.06. The summed E-state index contributed by atoms with van der Waals surface area (Å²) in [7, 11) is 0. The Morgan fingerprint density at radius 1 is 1.15 bits per heavy atom. The quantitative estimate of drug-likeness (QED) is 0.639. The fourth-order valence-corrected chi connectivity index (χ4v) is 6.77. The van der Waals surface area contributed by atoms with Crippen LogP contribution >= 0.6 is 0 Å². The van der Waals surface area contributed by atoms with E-state index in [-0.39, 0.29) is 41.7 Å². The van der Waals surface area contributed by atoms with E-state index in [1.807, 2.05) is 13.8 Å². The first-order chi connectivity index (χ1) is 12.0. The van der Waals surface area contributed by atoms with Gasteiger partial charge >= 0.3 is 5.97 Å². The molecule has 1 saturated heterocycles. The number of ether oxygens (including phenoxy) is 1. The number of hydrogen-bond acceptors (Lipinski definition) is 6. The van der Waals surface area contributed by atoms with Gasteiger partial charge in [0.05, 0.1) is 6.42 Å². The van der Waals surface area contributed by atoms with Crippen molar-refractivity contribution in [2.45, 2.75) is 59.2 Å². The summed E-state index contributed by atoms with van der Waals surface area (Å²) >= 11 is 0. The molecule has 4 aliphatic rings. The zero-order valence-electron chi connectivity index (χ0n) is 15.6. The van der Waals surface area contributed by atoms with E-state index in [2.05, 4.69) is 0 Å². The van der Waals surface area contributed by atoms with Crippen molar-refractivity contribution in [2.24, 2.45) is 34.5 Å². The molecule has 2 N–H and O–H groups in total. The van der Waals surface area contributed by atoms with Gasteiger partial charge in [0.15, 0.2) is 11.5 Å². The average molecular weight is 362 g/mol. The lowest BCUT2D eigenvalue weighted by Gasteiger charge is -2.64. The maximum Gasteiger partial charge on any atom is 0.306 e. The van der Waals surface area contributed by atoms with E-state index in [1.54, 1.807) is 13.8 Å². The fraction of sp³-hybridized carbons (Fsp3) is 0.750. The Hall–Kier alpha value is -1.69. The van der Waals surface area contributed by atoms with E-state index in [0.29, 0.717) is 18.4 Å². The van der Waals surface area contributed by atoms with Crippen LogP contribution in [0.1, 0.15) is 47.0 Å². The van der Waals surface area contributed by atoms with Crippen LogP contribution in [0.3, 0.4) is 0 Å². The molecule has 8 unspecified atom stereocenters. The first-order valence-corrected chi connectivity index (χ1v) is 9.40. The van der Waals surface area contributed by atoms with Crippen LogP contribution in [0.25, 0.3) is 0 Å². The summed E-state index contributed by atoms with van der Waals surface area (Å²) in [5.41, 5.74) is -1.32. The summed E-state index contributed by atoms with van der Waals surface area (Å²) in [5.74, 6) is -2.72. The van der Waals surface area contributed by atoms with E-state index in [4.69, 9.17) is 4.74 Å². The van der Waals surface area contributed by atoms with Crippen LogP contribution in [0.5, 0.6) is 0 Å². The zero-order chi connectivity index (χ0) is 19.2. The average Bonchev–Trinajstić information content (AvgIpc) is 2.56. The summed E-state index contributed by atoms with van der Waals surface area (Å²) in [6, 6.07) is 0. The van der Waals surface area contributed by atoms with Gasteiger partial charge in [-0.3, -0.25) is 14.4 Å². The van der Waals surface area contributed by atoms with Gasteiger partial charge in [-0.2, -0.15) is 0 Å². The number of fused-ring (bicyclic) bond motifs is 2. The molecule has 2 saturated carbocycles. The lowest BCUT2D eigenvalue weighted by Crippen LogP contribution is -2.70. The number of Topliss-reactive ketones (excluding diaryl/α,β-unsaturated/α-hetero) is 2. The van der Waals surface area contributed by atoms with Gasteiger partial charge in [0, 0.05) is 22.7 Å². The Morgan fingerprint density at radius 2 is 1.81 bits per heavy atom. The molecule has 0 amide bonds. The Kier molecular flexibility index (Phi) is 3.53. The second-order valence-corrected chi connectivity index (χ2v) is 9.15. The molecule has 6 nitrogen and oxygen atoms in total. The molecule has 0 aromatic carbocycles. The summed E-state index contributed by atoms with van der Waals surface area (Å²) in [6.45, 7) is 7.33. The second kappa shape index (κ2) is 5.18. The van der Waals surface area contributed by atoms with Gasteiger partial charge < -0.3 is 14.9 Å². The van der Waals surface area contributed by atoms with Crippen LogP contribution in [-0.2, 0) is 19.1 Å². The van der Waals surface area contributed by atoms with Crippen molar-refractivity contribution >= 4 is 17.5 Å². The van der Waals surface area contributed by atoms with Crippen LogP contribution in [0.2, 0.25) is 0 Å². The van der Waals surface area contributed by atoms with Gasteiger partial charge in [-0.05, 0) is 37.2 Å². The van der Waals surface area contributed by atoms with Gasteiger partial charge in [0.2, 0.25) is 5.78 Å². The summed E-state index contributed by atoms with van der Waals surface area (Å²) in [4.78, 5) is 38.6. The zero-order valence-corrected chi connectivity index (χ0v) is 15.6. The van der Waals surface area contributed by atoms with Crippen LogP contribution in [0, 0.1) is 34.5 Å². The molecule has 8 atom stereocenters. The Labute approximate surface area is 152 Å². The molecule has 0 bridgehead atoms. The highest BCUT2D eigenvalue weighted by Gasteiger charge is 2.72. The van der Waals surface area contributed by atoms with E-state index in [9.17, 15) is 24.6 Å². The SMILES string of the molecule is CC1=C(O)C(=O)C2C3(C)C(=O)C(O)CC(C)C3CC3OC(=O)CC1C32C. The standard InChI is InChI=1S/C20H26O6/c1-8-5-12(21)18(25)20(4)10(8)6-13-19(3)11(7-14(22)26-13)9(2)15(23)16(24)17(19)20/h8,10-13,17,21,23H,5-7H2,1-4H3. The molecule has 0 aromatic heterocycles. The highest BCUT2D eigenvalue weighted by atomic mass is 16.5. The maximum atomic E-state index is 13.2. The topological polar surface area (TPSA) is 101 Å². The molecule has 0 radical (unpaired) electrons. The number of allylic oxidation sites excluding steroid dienone is 2. The lowest BCUT2D eigenvalue weighted by atomic mass is 9.39. The molecule has 1 aliphatic heterocycles. The minimum absolute atomic E-state index is 0.0123. The van der Waals surface area contributed by atoms with Crippen molar-refractivity contribution in [3.05, 3.63) is 11.3 Å². The molecule has 4 rings (SSSR count). The van der Waals surface area contributed by atoms with E-state index >= 15 is 0 Å². The third kappa shape index (κ3) is 1.83. The molecular formula is C20H26O6. The Bertz CT molecular complexity index is 753. The first kappa shape index (κ1) is 17.7. The molecule has 1 heterocycles. The first-order valence-electron chi connectivity index (χ1n) is 9.40. The van der Waals surface area contributed by atoms with Crippen LogP contribution in [0.4, 0.5) is 0 Å². The third-order valence-electron chi connectivity index (χ3n) is 8.06. The van der Waals surface area contributed by atoms with Gasteiger partial charge in [-0.25, -0.2) is 0 Å². The number of esters is 1. The largest absolute Gasteiger partial charge is 0.504 e. The van der Waals surface area contributed by atoms with Gasteiger partial charge in [0.1, 0.15) is 12.2 Å². The number of rotatable bonds is 0. The highest BCUT2D eigenvalue weighted by Crippen LogP contribution is 2.67. The molecular weight excluding hydrogens is 336 g/mol. The summed E-state index contributed by atoms with van der Waals surface area (Å²) < 4.78 is 5.70. The number of aliphatic hydroxyl groups excluding tert-OH is 2. The highest BCUT2D eigenvalue weighted by molar-refractivity contribution is 6.03. The summed E-state index contributed by atoms with van der Waals surface area (Å²) in [5, 5.41) is 20.9. The smallest absolute Gasteiger partial charge is 0.306 e. The van der Waals surface area contributed by atoms with E-state index in [1.165, 1.54) is 0 Å². The molecule has 142 valence electrons. The normalized spacial score (nSPS) is 50.9. The molecule has 3 aliphatic carbocycles. The van der Waals surface area contributed by atoms with Crippen molar-refractivity contribution in [2.75, 3.05) is 0 Å². The molecule has 0 aromatic rings. The van der Waals surface area contributed by atoms with E-state index in [0.717, 1.165) is 0 Å². The van der Waals surface area contributed by atoms with Crippen LogP contribution in [-0.4, -0.2) is 40.0 Å². The van der Waals surface area contributed by atoms with Crippen molar-refractivity contribution in [1.29, 1.82) is 0 Å². The predicted octanol–water partition coefficient (Wildman–Crippen LogP) is 1.95. The second-order valence-electron chi connectivity index (χ2n) is 9.15. The summed E-state index contributed by atoms with van der Waals surface area (Å²) in [6.07, 6.45) is -0.610. The van der Waals surface area contributed by atoms with Gasteiger partial charge in [-0.15, -0.1) is 0 Å². The Morgan fingerprint density at radius 3 is 2.46 bits per heavy atom.